The second kappa shape index (κ2) is 7.64. The van der Waals surface area contributed by atoms with Gasteiger partial charge in [-0.1, -0.05) is 30.0 Å². The van der Waals surface area contributed by atoms with E-state index in [2.05, 4.69) is 11.1 Å². The molecule has 0 saturated carbocycles. The third-order valence-corrected chi connectivity index (χ3v) is 5.01. The van der Waals surface area contributed by atoms with E-state index in [4.69, 9.17) is 4.74 Å². The van der Waals surface area contributed by atoms with E-state index in [1.165, 1.54) is 0 Å². The fourth-order valence-electron chi connectivity index (χ4n) is 2.72. The van der Waals surface area contributed by atoms with Crippen LogP contribution in [0.1, 0.15) is 29.7 Å². The molecule has 3 rings (SSSR count). The number of thioether (sulfide) groups is 1. The van der Waals surface area contributed by atoms with Crippen molar-refractivity contribution in [3.8, 4) is 6.07 Å². The standard InChI is InChI=1S/C17H19N3O2S/c18-8-13-4-1-2-5-14(13)12-23-17-19-9-15(11-21)20(17)10-16-6-3-7-22-16/h1-2,4-5,9,16,21H,3,6-7,10-12H2/t16-/m0/s1. The molecule has 1 aromatic carbocycles. The molecule has 1 aromatic heterocycles. The topological polar surface area (TPSA) is 71.1 Å². The first-order valence-electron chi connectivity index (χ1n) is 7.69. The first-order chi connectivity index (χ1) is 11.3. The number of imidazole rings is 1. The molecule has 6 heteroatoms. The summed E-state index contributed by atoms with van der Waals surface area (Å²) in [7, 11) is 0. The van der Waals surface area contributed by atoms with Gasteiger partial charge in [-0.05, 0) is 24.5 Å². The molecule has 0 bridgehead atoms. The van der Waals surface area contributed by atoms with E-state index in [-0.39, 0.29) is 12.7 Å². The van der Waals surface area contributed by atoms with E-state index < -0.39 is 0 Å². The summed E-state index contributed by atoms with van der Waals surface area (Å²) in [6.07, 6.45) is 4.05. The van der Waals surface area contributed by atoms with Crippen LogP contribution in [0.4, 0.5) is 0 Å². The quantitative estimate of drug-likeness (QED) is 0.825. The maximum Gasteiger partial charge on any atom is 0.168 e. The molecular weight excluding hydrogens is 310 g/mol. The Hall–Kier alpha value is -1.81. The molecule has 0 spiro atoms. The van der Waals surface area contributed by atoms with Gasteiger partial charge < -0.3 is 14.4 Å². The number of nitriles is 1. The monoisotopic (exact) mass is 329 g/mol. The van der Waals surface area contributed by atoms with Gasteiger partial charge in [0.15, 0.2) is 5.16 Å². The highest BCUT2D eigenvalue weighted by Crippen LogP contribution is 2.26. The highest BCUT2D eigenvalue weighted by molar-refractivity contribution is 7.98. The summed E-state index contributed by atoms with van der Waals surface area (Å²) < 4.78 is 7.73. The van der Waals surface area contributed by atoms with Crippen molar-refractivity contribution in [1.82, 2.24) is 9.55 Å². The lowest BCUT2D eigenvalue weighted by molar-refractivity contribution is 0.0930. The molecule has 1 saturated heterocycles. The number of aliphatic hydroxyl groups excluding tert-OH is 1. The van der Waals surface area contributed by atoms with Crippen LogP contribution in [0.5, 0.6) is 0 Å². The number of aromatic nitrogens is 2. The van der Waals surface area contributed by atoms with Gasteiger partial charge in [0.25, 0.3) is 0 Å². The van der Waals surface area contributed by atoms with Gasteiger partial charge in [0.2, 0.25) is 0 Å². The van der Waals surface area contributed by atoms with Gasteiger partial charge in [-0.15, -0.1) is 0 Å². The van der Waals surface area contributed by atoms with Crippen molar-refractivity contribution in [3.05, 3.63) is 47.3 Å². The molecule has 1 atom stereocenters. The molecular formula is C17H19N3O2S. The highest BCUT2D eigenvalue weighted by Gasteiger charge is 2.20. The number of hydrogen-bond acceptors (Lipinski definition) is 5. The van der Waals surface area contributed by atoms with E-state index >= 15 is 0 Å². The largest absolute Gasteiger partial charge is 0.390 e. The number of benzene rings is 1. The van der Waals surface area contributed by atoms with E-state index in [9.17, 15) is 10.4 Å². The fourth-order valence-corrected chi connectivity index (χ4v) is 3.73. The van der Waals surface area contributed by atoms with Crippen molar-refractivity contribution in [2.24, 2.45) is 0 Å². The lowest BCUT2D eigenvalue weighted by Gasteiger charge is -2.15. The van der Waals surface area contributed by atoms with Crippen LogP contribution in [0.25, 0.3) is 0 Å². The zero-order chi connectivity index (χ0) is 16.1. The van der Waals surface area contributed by atoms with Crippen molar-refractivity contribution in [1.29, 1.82) is 5.26 Å². The van der Waals surface area contributed by atoms with Crippen LogP contribution in [0.3, 0.4) is 0 Å². The van der Waals surface area contributed by atoms with Gasteiger partial charge in [0.05, 0.1) is 42.8 Å². The second-order valence-corrected chi connectivity index (χ2v) is 6.44. The second-order valence-electron chi connectivity index (χ2n) is 5.49. The van der Waals surface area contributed by atoms with Gasteiger partial charge in [-0.3, -0.25) is 0 Å². The van der Waals surface area contributed by atoms with Gasteiger partial charge in [-0.25, -0.2) is 4.98 Å². The normalized spacial score (nSPS) is 17.3. The average Bonchev–Trinajstić information content (AvgIpc) is 3.23. The summed E-state index contributed by atoms with van der Waals surface area (Å²) in [5, 5.41) is 19.6. The maximum atomic E-state index is 9.52. The summed E-state index contributed by atoms with van der Waals surface area (Å²) in [6.45, 7) is 1.50. The van der Waals surface area contributed by atoms with E-state index in [0.29, 0.717) is 11.3 Å². The predicted octanol–water partition coefficient (Wildman–Crippen LogP) is 2.72. The van der Waals surface area contributed by atoms with Crippen LogP contribution in [0, 0.1) is 11.3 Å². The molecule has 0 unspecified atom stereocenters. The Morgan fingerprint density at radius 2 is 2.30 bits per heavy atom. The van der Waals surface area contributed by atoms with Crippen molar-refractivity contribution in [2.45, 2.75) is 43.0 Å². The lowest BCUT2D eigenvalue weighted by Crippen LogP contribution is -2.17. The summed E-state index contributed by atoms with van der Waals surface area (Å²) in [4.78, 5) is 4.43. The number of aliphatic hydroxyl groups is 1. The Balaban J connectivity index is 1.74. The van der Waals surface area contributed by atoms with E-state index in [1.54, 1.807) is 18.0 Å². The van der Waals surface area contributed by atoms with Crippen molar-refractivity contribution in [3.63, 3.8) is 0 Å². The minimum atomic E-state index is -0.0327. The number of ether oxygens (including phenoxy) is 1. The molecule has 120 valence electrons. The summed E-state index contributed by atoms with van der Waals surface area (Å²) in [5.41, 5.74) is 2.49. The zero-order valence-corrected chi connectivity index (χ0v) is 13.6. The molecule has 0 radical (unpaired) electrons. The molecule has 5 nitrogen and oxygen atoms in total. The van der Waals surface area contributed by atoms with Crippen molar-refractivity contribution >= 4 is 11.8 Å². The third kappa shape index (κ3) is 3.75. The van der Waals surface area contributed by atoms with Gasteiger partial charge >= 0.3 is 0 Å². The SMILES string of the molecule is N#Cc1ccccc1CSc1ncc(CO)n1C[C@@H]1CCCO1. The Labute approximate surface area is 139 Å². The Bertz CT molecular complexity index is 702. The predicted molar refractivity (Wildman–Crippen MR) is 87.8 cm³/mol. The van der Waals surface area contributed by atoms with Gasteiger partial charge in [0.1, 0.15) is 0 Å². The maximum absolute atomic E-state index is 9.52. The van der Waals surface area contributed by atoms with Crippen LogP contribution >= 0.6 is 11.8 Å². The molecule has 2 heterocycles. The smallest absolute Gasteiger partial charge is 0.168 e. The number of rotatable bonds is 6. The van der Waals surface area contributed by atoms with Crippen LogP contribution in [-0.4, -0.2) is 27.4 Å². The number of nitrogens with zero attached hydrogens (tertiary/aromatic N) is 3. The Morgan fingerprint density at radius 3 is 3.04 bits per heavy atom. The van der Waals surface area contributed by atoms with Crippen molar-refractivity contribution < 1.29 is 9.84 Å². The molecule has 1 aliphatic rings. The summed E-state index contributed by atoms with van der Waals surface area (Å²) in [5.74, 6) is 0.678. The number of hydrogen-bond donors (Lipinski definition) is 1. The summed E-state index contributed by atoms with van der Waals surface area (Å²) in [6, 6.07) is 9.82. The minimum Gasteiger partial charge on any atom is -0.390 e. The van der Waals surface area contributed by atoms with E-state index in [1.807, 2.05) is 28.8 Å². The molecule has 1 aliphatic heterocycles. The fraction of sp³-hybridized carbons (Fsp3) is 0.412. The van der Waals surface area contributed by atoms with Crippen LogP contribution < -0.4 is 0 Å². The van der Waals surface area contributed by atoms with Crippen molar-refractivity contribution in [2.75, 3.05) is 6.61 Å². The van der Waals surface area contributed by atoms with Crippen LogP contribution in [0.15, 0.2) is 35.6 Å². The van der Waals surface area contributed by atoms with Crippen LogP contribution in [0.2, 0.25) is 0 Å². The van der Waals surface area contributed by atoms with Gasteiger partial charge in [0, 0.05) is 12.4 Å². The molecule has 1 fully saturated rings. The molecule has 23 heavy (non-hydrogen) atoms. The summed E-state index contributed by atoms with van der Waals surface area (Å²) >= 11 is 1.58. The third-order valence-electron chi connectivity index (χ3n) is 3.97. The molecule has 2 aromatic rings. The first-order valence-corrected chi connectivity index (χ1v) is 8.68. The Kier molecular flexibility index (Phi) is 5.34. The molecule has 0 amide bonds. The molecule has 0 aliphatic carbocycles. The molecule has 1 N–H and O–H groups in total. The van der Waals surface area contributed by atoms with Gasteiger partial charge in [-0.2, -0.15) is 5.26 Å². The lowest BCUT2D eigenvalue weighted by atomic mass is 10.1. The van der Waals surface area contributed by atoms with Crippen LogP contribution in [-0.2, 0) is 23.6 Å². The highest BCUT2D eigenvalue weighted by atomic mass is 32.2. The first kappa shape index (κ1) is 16.1. The minimum absolute atomic E-state index is 0.0327. The Morgan fingerprint density at radius 1 is 1.43 bits per heavy atom. The zero-order valence-electron chi connectivity index (χ0n) is 12.8. The van der Waals surface area contributed by atoms with E-state index in [0.717, 1.165) is 42.4 Å². The average molecular weight is 329 g/mol.